The SMILES string of the molecule is CCCCC1CCN(CC(=O)NCC(N)=O)C1=O. The zero-order valence-electron chi connectivity index (χ0n) is 10.8. The number of likely N-dealkylation sites (tertiary alicyclic amines) is 1. The minimum absolute atomic E-state index is 0.0226. The molecule has 6 nitrogen and oxygen atoms in total. The molecular weight excluding hydrogens is 234 g/mol. The standard InChI is InChI=1S/C12H21N3O3/c1-2-3-4-9-5-6-15(12(9)18)8-11(17)14-7-10(13)16/h9H,2-8H2,1H3,(H2,13,16)(H,14,17). The molecule has 1 saturated heterocycles. The molecule has 0 bridgehead atoms. The lowest BCUT2D eigenvalue weighted by Gasteiger charge is -2.16. The summed E-state index contributed by atoms with van der Waals surface area (Å²) in [6.07, 6.45) is 3.83. The van der Waals surface area contributed by atoms with Gasteiger partial charge in [0, 0.05) is 12.5 Å². The van der Waals surface area contributed by atoms with Gasteiger partial charge in [-0.1, -0.05) is 19.8 Å². The van der Waals surface area contributed by atoms with Crippen LogP contribution < -0.4 is 11.1 Å². The quantitative estimate of drug-likeness (QED) is 0.650. The van der Waals surface area contributed by atoms with Crippen molar-refractivity contribution in [2.75, 3.05) is 19.6 Å². The molecule has 1 atom stereocenters. The summed E-state index contributed by atoms with van der Waals surface area (Å²) in [7, 11) is 0. The number of nitrogens with two attached hydrogens (primary N) is 1. The molecule has 1 aliphatic heterocycles. The predicted molar refractivity (Wildman–Crippen MR) is 66.4 cm³/mol. The average molecular weight is 255 g/mol. The normalized spacial score (nSPS) is 19.1. The van der Waals surface area contributed by atoms with Gasteiger partial charge in [-0.3, -0.25) is 14.4 Å². The second kappa shape index (κ2) is 6.98. The number of carbonyl (C=O) groups is 3. The Hall–Kier alpha value is -1.59. The molecule has 0 aromatic heterocycles. The summed E-state index contributed by atoms with van der Waals surface area (Å²) in [5.74, 6) is -0.804. The molecule has 0 saturated carbocycles. The molecule has 1 fully saturated rings. The van der Waals surface area contributed by atoms with Crippen molar-refractivity contribution in [1.29, 1.82) is 0 Å². The van der Waals surface area contributed by atoms with Crippen molar-refractivity contribution in [1.82, 2.24) is 10.2 Å². The summed E-state index contributed by atoms with van der Waals surface area (Å²) >= 11 is 0. The number of unbranched alkanes of at least 4 members (excludes halogenated alkanes) is 1. The summed E-state index contributed by atoms with van der Waals surface area (Å²) < 4.78 is 0. The number of carbonyl (C=O) groups excluding carboxylic acids is 3. The Morgan fingerprint density at radius 2 is 2.22 bits per heavy atom. The summed E-state index contributed by atoms with van der Waals surface area (Å²) in [6, 6.07) is 0. The van der Waals surface area contributed by atoms with E-state index < -0.39 is 5.91 Å². The molecule has 0 aromatic rings. The highest BCUT2D eigenvalue weighted by molar-refractivity contribution is 5.89. The van der Waals surface area contributed by atoms with Crippen LogP contribution in [0.25, 0.3) is 0 Å². The van der Waals surface area contributed by atoms with Crippen LogP contribution in [0.1, 0.15) is 32.6 Å². The van der Waals surface area contributed by atoms with E-state index in [4.69, 9.17) is 5.73 Å². The van der Waals surface area contributed by atoms with E-state index in [1.54, 1.807) is 4.90 Å². The maximum absolute atomic E-state index is 11.9. The maximum atomic E-state index is 11.9. The fourth-order valence-electron chi connectivity index (χ4n) is 2.09. The van der Waals surface area contributed by atoms with Crippen molar-refractivity contribution in [3.63, 3.8) is 0 Å². The lowest BCUT2D eigenvalue weighted by Crippen LogP contribution is -2.41. The zero-order chi connectivity index (χ0) is 13.5. The predicted octanol–water partition coefficient (Wildman–Crippen LogP) is -0.373. The zero-order valence-corrected chi connectivity index (χ0v) is 10.8. The molecular formula is C12H21N3O3. The van der Waals surface area contributed by atoms with E-state index >= 15 is 0 Å². The van der Waals surface area contributed by atoms with Crippen LogP contribution in [0.3, 0.4) is 0 Å². The molecule has 18 heavy (non-hydrogen) atoms. The van der Waals surface area contributed by atoms with Crippen LogP contribution in [0.15, 0.2) is 0 Å². The van der Waals surface area contributed by atoms with Crippen LogP contribution in [-0.4, -0.2) is 42.3 Å². The molecule has 3 N–H and O–H groups in total. The van der Waals surface area contributed by atoms with Crippen LogP contribution in [-0.2, 0) is 14.4 Å². The first kappa shape index (κ1) is 14.5. The maximum Gasteiger partial charge on any atom is 0.240 e. The molecule has 1 heterocycles. The van der Waals surface area contributed by atoms with Gasteiger partial charge in [-0.15, -0.1) is 0 Å². The Morgan fingerprint density at radius 1 is 1.50 bits per heavy atom. The van der Waals surface area contributed by atoms with Crippen molar-refractivity contribution in [3.8, 4) is 0 Å². The third-order valence-electron chi connectivity index (χ3n) is 3.11. The fraction of sp³-hybridized carbons (Fsp3) is 0.750. The van der Waals surface area contributed by atoms with E-state index in [2.05, 4.69) is 12.2 Å². The summed E-state index contributed by atoms with van der Waals surface area (Å²) in [6.45, 7) is 2.56. The fourth-order valence-corrected chi connectivity index (χ4v) is 2.09. The molecule has 0 aliphatic carbocycles. The van der Waals surface area contributed by atoms with Gasteiger partial charge in [-0.05, 0) is 12.8 Å². The number of hydrogen-bond acceptors (Lipinski definition) is 3. The van der Waals surface area contributed by atoms with Crippen LogP contribution in [0, 0.1) is 5.92 Å². The first-order valence-electron chi connectivity index (χ1n) is 6.38. The van der Waals surface area contributed by atoms with Gasteiger partial charge in [0.25, 0.3) is 0 Å². The van der Waals surface area contributed by atoms with E-state index in [1.165, 1.54) is 0 Å². The third kappa shape index (κ3) is 4.35. The van der Waals surface area contributed by atoms with Crippen molar-refractivity contribution in [3.05, 3.63) is 0 Å². The molecule has 102 valence electrons. The van der Waals surface area contributed by atoms with E-state index in [1.807, 2.05) is 0 Å². The van der Waals surface area contributed by atoms with Gasteiger partial charge < -0.3 is 16.0 Å². The van der Waals surface area contributed by atoms with Crippen LogP contribution in [0.2, 0.25) is 0 Å². The molecule has 6 heteroatoms. The Kier molecular flexibility index (Phi) is 5.61. The van der Waals surface area contributed by atoms with Gasteiger partial charge in [-0.25, -0.2) is 0 Å². The highest BCUT2D eigenvalue weighted by Crippen LogP contribution is 2.22. The number of amides is 3. The summed E-state index contributed by atoms with van der Waals surface area (Å²) in [5.41, 5.74) is 4.92. The van der Waals surface area contributed by atoms with Crippen LogP contribution in [0.5, 0.6) is 0 Å². The van der Waals surface area contributed by atoms with Crippen molar-refractivity contribution in [2.24, 2.45) is 11.7 Å². The van der Waals surface area contributed by atoms with Gasteiger partial charge in [-0.2, -0.15) is 0 Å². The summed E-state index contributed by atoms with van der Waals surface area (Å²) in [5, 5.41) is 2.38. The minimum atomic E-state index is -0.586. The molecule has 1 rings (SSSR count). The molecule has 0 aromatic carbocycles. The summed E-state index contributed by atoms with van der Waals surface area (Å²) in [4.78, 5) is 35.5. The number of nitrogens with one attached hydrogen (secondary N) is 1. The third-order valence-corrected chi connectivity index (χ3v) is 3.11. The second-order valence-corrected chi connectivity index (χ2v) is 4.63. The lowest BCUT2D eigenvalue weighted by molar-refractivity contribution is -0.135. The van der Waals surface area contributed by atoms with Gasteiger partial charge in [0.1, 0.15) is 0 Å². The Balaban J connectivity index is 2.33. The van der Waals surface area contributed by atoms with Gasteiger partial charge >= 0.3 is 0 Å². The number of nitrogens with zero attached hydrogens (tertiary/aromatic N) is 1. The molecule has 1 aliphatic rings. The Bertz CT molecular complexity index is 331. The molecule has 1 unspecified atom stereocenters. The molecule has 0 spiro atoms. The van der Waals surface area contributed by atoms with Gasteiger partial charge in [0.15, 0.2) is 0 Å². The monoisotopic (exact) mass is 255 g/mol. The first-order valence-corrected chi connectivity index (χ1v) is 6.38. The van der Waals surface area contributed by atoms with Crippen LogP contribution >= 0.6 is 0 Å². The van der Waals surface area contributed by atoms with Gasteiger partial charge in [0.2, 0.25) is 17.7 Å². The van der Waals surface area contributed by atoms with Crippen molar-refractivity contribution in [2.45, 2.75) is 32.6 Å². The number of primary amides is 1. The van der Waals surface area contributed by atoms with Crippen molar-refractivity contribution < 1.29 is 14.4 Å². The highest BCUT2D eigenvalue weighted by Gasteiger charge is 2.31. The largest absolute Gasteiger partial charge is 0.368 e. The first-order chi connectivity index (χ1) is 8.54. The van der Waals surface area contributed by atoms with E-state index in [0.717, 1.165) is 25.7 Å². The average Bonchev–Trinajstić information content (AvgIpc) is 2.66. The van der Waals surface area contributed by atoms with Crippen molar-refractivity contribution >= 4 is 17.7 Å². The Labute approximate surface area is 107 Å². The molecule has 0 radical (unpaired) electrons. The Morgan fingerprint density at radius 3 is 2.83 bits per heavy atom. The topological polar surface area (TPSA) is 92.5 Å². The minimum Gasteiger partial charge on any atom is -0.368 e. The van der Waals surface area contributed by atoms with Gasteiger partial charge in [0.05, 0.1) is 13.1 Å². The van der Waals surface area contributed by atoms with E-state index in [-0.39, 0.29) is 30.8 Å². The molecule has 3 amide bonds. The van der Waals surface area contributed by atoms with E-state index in [9.17, 15) is 14.4 Å². The number of rotatable bonds is 7. The van der Waals surface area contributed by atoms with Crippen LogP contribution in [0.4, 0.5) is 0 Å². The highest BCUT2D eigenvalue weighted by atomic mass is 16.2. The lowest BCUT2D eigenvalue weighted by atomic mass is 10.0. The smallest absolute Gasteiger partial charge is 0.240 e. The second-order valence-electron chi connectivity index (χ2n) is 4.63. The number of hydrogen-bond donors (Lipinski definition) is 2. The van der Waals surface area contributed by atoms with E-state index in [0.29, 0.717) is 6.54 Å².